The number of carboxylic acid groups (broad SMARTS) is 1. The number of carbonyl (C=O) groups is 2. The number of nitrogens with one attached hydrogen (secondary N) is 1. The third-order valence-corrected chi connectivity index (χ3v) is 1.67. The van der Waals surface area contributed by atoms with Crippen molar-refractivity contribution in [2.75, 3.05) is 5.75 Å². The summed E-state index contributed by atoms with van der Waals surface area (Å²) in [5.41, 5.74) is 0.297. The molecule has 0 fully saturated rings. The molecular formula is C8H13NO3S. The van der Waals surface area contributed by atoms with Crippen LogP contribution in [0.15, 0.2) is 12.2 Å². The molecule has 1 amide bonds. The molecule has 2 N–H and O–H groups in total. The molecule has 0 unspecified atom stereocenters. The molecule has 0 saturated heterocycles. The zero-order valence-corrected chi connectivity index (χ0v) is 8.30. The minimum atomic E-state index is -1.05. The second-order valence-corrected chi connectivity index (χ2v) is 3.10. The van der Waals surface area contributed by atoms with Gasteiger partial charge in [-0.15, -0.1) is 0 Å². The van der Waals surface area contributed by atoms with E-state index in [1.54, 1.807) is 0 Å². The number of hydrogen-bond donors (Lipinski definition) is 3. The third kappa shape index (κ3) is 4.57. The van der Waals surface area contributed by atoms with Gasteiger partial charge in [0.15, 0.2) is 0 Å². The van der Waals surface area contributed by atoms with E-state index in [-0.39, 0.29) is 0 Å². The highest BCUT2D eigenvalue weighted by Crippen LogP contribution is 1.97. The predicted octanol–water partition coefficient (Wildman–Crippen LogP) is 0.452. The normalized spacial score (nSPS) is 11.8. The van der Waals surface area contributed by atoms with Gasteiger partial charge in [-0.3, -0.25) is 4.79 Å². The molecule has 0 aromatic rings. The molecule has 0 aliphatic heterocycles. The van der Waals surface area contributed by atoms with Gasteiger partial charge in [0.25, 0.3) is 0 Å². The average molecular weight is 203 g/mol. The van der Waals surface area contributed by atoms with Gasteiger partial charge in [-0.25, -0.2) is 4.79 Å². The number of thiol groups is 1. The molecule has 0 rings (SSSR count). The van der Waals surface area contributed by atoms with Crippen LogP contribution in [0.25, 0.3) is 0 Å². The Hall–Kier alpha value is -0.970. The van der Waals surface area contributed by atoms with Gasteiger partial charge < -0.3 is 10.4 Å². The minimum absolute atomic E-state index is 0.297. The van der Waals surface area contributed by atoms with Crippen molar-refractivity contribution in [2.45, 2.75) is 19.4 Å². The summed E-state index contributed by atoms with van der Waals surface area (Å²) in [6.45, 7) is 4.93. The quantitative estimate of drug-likeness (QED) is 0.449. The van der Waals surface area contributed by atoms with Crippen molar-refractivity contribution in [3.05, 3.63) is 12.2 Å². The van der Waals surface area contributed by atoms with Crippen LogP contribution in [0, 0.1) is 0 Å². The molecule has 0 aromatic carbocycles. The van der Waals surface area contributed by atoms with E-state index in [9.17, 15) is 9.59 Å². The third-order valence-electron chi connectivity index (χ3n) is 1.41. The Morgan fingerprint density at radius 1 is 1.62 bits per heavy atom. The monoisotopic (exact) mass is 203 g/mol. The van der Waals surface area contributed by atoms with Crippen molar-refractivity contribution in [1.82, 2.24) is 5.32 Å². The first-order valence-electron chi connectivity index (χ1n) is 3.79. The molecule has 1 atom stereocenters. The minimum Gasteiger partial charge on any atom is -0.480 e. The van der Waals surface area contributed by atoms with Gasteiger partial charge in [-0.05, 0) is 19.1 Å². The smallest absolute Gasteiger partial charge is 0.326 e. The van der Waals surface area contributed by atoms with E-state index in [1.165, 1.54) is 6.92 Å². The van der Waals surface area contributed by atoms with E-state index in [1.807, 2.05) is 0 Å². The summed E-state index contributed by atoms with van der Waals surface area (Å²) in [5, 5.41) is 11.0. The van der Waals surface area contributed by atoms with Gasteiger partial charge >= 0.3 is 5.97 Å². The first kappa shape index (κ1) is 12.0. The van der Waals surface area contributed by atoms with E-state index >= 15 is 0 Å². The summed E-state index contributed by atoms with van der Waals surface area (Å²) in [7, 11) is 0. The highest BCUT2D eigenvalue weighted by molar-refractivity contribution is 7.80. The summed E-state index contributed by atoms with van der Waals surface area (Å²) in [6, 6.07) is -0.873. The fourth-order valence-electron chi connectivity index (χ4n) is 0.668. The molecular weight excluding hydrogens is 190 g/mol. The fourth-order valence-corrected chi connectivity index (χ4v) is 0.926. The van der Waals surface area contributed by atoms with Crippen LogP contribution in [0.1, 0.15) is 13.3 Å². The lowest BCUT2D eigenvalue weighted by Gasteiger charge is -2.12. The van der Waals surface area contributed by atoms with Crippen LogP contribution >= 0.6 is 12.6 Å². The standard InChI is InChI=1S/C8H13NO3S/c1-5(2)7(10)9-6(3-4-13)8(11)12/h6,13H,1,3-4H2,2H3,(H,9,10)(H,11,12)/t6-/m0/s1. The Kier molecular flexibility index (Phi) is 5.22. The van der Waals surface area contributed by atoms with Crippen molar-refractivity contribution in [1.29, 1.82) is 0 Å². The number of rotatable bonds is 5. The van der Waals surface area contributed by atoms with Crippen molar-refractivity contribution < 1.29 is 14.7 Å². The Morgan fingerprint density at radius 2 is 2.15 bits per heavy atom. The van der Waals surface area contributed by atoms with Crippen LogP contribution in [-0.2, 0) is 9.59 Å². The molecule has 0 aliphatic rings. The average Bonchev–Trinajstić information content (AvgIpc) is 2.03. The van der Waals surface area contributed by atoms with Crippen molar-refractivity contribution in [2.24, 2.45) is 0 Å². The molecule has 5 heteroatoms. The molecule has 0 heterocycles. The van der Waals surface area contributed by atoms with E-state index in [0.29, 0.717) is 17.7 Å². The van der Waals surface area contributed by atoms with E-state index in [0.717, 1.165) is 0 Å². The Morgan fingerprint density at radius 3 is 2.46 bits per heavy atom. The topological polar surface area (TPSA) is 66.4 Å². The SMILES string of the molecule is C=C(C)C(=O)N[C@@H](CCS)C(=O)O. The van der Waals surface area contributed by atoms with Gasteiger partial charge in [0, 0.05) is 5.57 Å². The highest BCUT2D eigenvalue weighted by Gasteiger charge is 2.18. The van der Waals surface area contributed by atoms with Crippen molar-refractivity contribution >= 4 is 24.5 Å². The molecule has 13 heavy (non-hydrogen) atoms. The van der Waals surface area contributed by atoms with Crippen LogP contribution in [-0.4, -0.2) is 28.8 Å². The second-order valence-electron chi connectivity index (χ2n) is 2.66. The lowest BCUT2D eigenvalue weighted by molar-refractivity contribution is -0.141. The maximum atomic E-state index is 11.0. The lowest BCUT2D eigenvalue weighted by atomic mass is 10.2. The molecule has 74 valence electrons. The summed E-state index contributed by atoms with van der Waals surface area (Å²) >= 11 is 3.89. The summed E-state index contributed by atoms with van der Waals surface area (Å²) in [6.07, 6.45) is 0.303. The molecule has 4 nitrogen and oxygen atoms in total. The summed E-state index contributed by atoms with van der Waals surface area (Å²) in [5.74, 6) is -1.08. The van der Waals surface area contributed by atoms with Gasteiger partial charge in [0.05, 0.1) is 0 Å². The number of aliphatic carboxylic acids is 1. The van der Waals surface area contributed by atoms with Crippen LogP contribution in [0.4, 0.5) is 0 Å². The Labute approximate surface area is 82.4 Å². The molecule has 0 saturated carbocycles. The first-order valence-corrected chi connectivity index (χ1v) is 4.42. The zero-order valence-electron chi connectivity index (χ0n) is 7.41. The van der Waals surface area contributed by atoms with Crippen LogP contribution in [0.5, 0.6) is 0 Å². The van der Waals surface area contributed by atoms with Crippen LogP contribution < -0.4 is 5.32 Å². The van der Waals surface area contributed by atoms with Crippen LogP contribution in [0.2, 0.25) is 0 Å². The Balaban J connectivity index is 4.17. The zero-order chi connectivity index (χ0) is 10.4. The fraction of sp³-hybridized carbons (Fsp3) is 0.500. The summed E-state index contributed by atoms with van der Waals surface area (Å²) < 4.78 is 0. The molecule has 0 aliphatic carbocycles. The number of carboxylic acids is 1. The predicted molar refractivity (Wildman–Crippen MR) is 52.9 cm³/mol. The van der Waals surface area contributed by atoms with E-state index < -0.39 is 17.9 Å². The van der Waals surface area contributed by atoms with Crippen molar-refractivity contribution in [3.63, 3.8) is 0 Å². The number of hydrogen-bond acceptors (Lipinski definition) is 3. The molecule has 0 bridgehead atoms. The van der Waals surface area contributed by atoms with E-state index in [4.69, 9.17) is 5.11 Å². The van der Waals surface area contributed by atoms with Gasteiger partial charge in [-0.1, -0.05) is 6.58 Å². The lowest BCUT2D eigenvalue weighted by Crippen LogP contribution is -2.41. The Bertz CT molecular complexity index is 227. The first-order chi connectivity index (χ1) is 5.99. The number of carbonyl (C=O) groups excluding carboxylic acids is 1. The van der Waals surface area contributed by atoms with Gasteiger partial charge in [0.2, 0.25) is 5.91 Å². The largest absolute Gasteiger partial charge is 0.480 e. The van der Waals surface area contributed by atoms with Crippen LogP contribution in [0.3, 0.4) is 0 Å². The van der Waals surface area contributed by atoms with E-state index in [2.05, 4.69) is 24.5 Å². The second kappa shape index (κ2) is 5.64. The molecule has 0 radical (unpaired) electrons. The van der Waals surface area contributed by atoms with Crippen molar-refractivity contribution in [3.8, 4) is 0 Å². The highest BCUT2D eigenvalue weighted by atomic mass is 32.1. The molecule has 0 spiro atoms. The van der Waals surface area contributed by atoms with Gasteiger partial charge in [-0.2, -0.15) is 12.6 Å². The van der Waals surface area contributed by atoms with Gasteiger partial charge in [0.1, 0.15) is 6.04 Å². The maximum Gasteiger partial charge on any atom is 0.326 e. The maximum absolute atomic E-state index is 11.0. The summed E-state index contributed by atoms with van der Waals surface area (Å²) in [4.78, 5) is 21.6. The molecule has 0 aromatic heterocycles. The number of amides is 1.